The summed E-state index contributed by atoms with van der Waals surface area (Å²) < 4.78 is 0. The fourth-order valence-corrected chi connectivity index (χ4v) is 2.77. The molecule has 0 bridgehead atoms. The van der Waals surface area contributed by atoms with Crippen molar-refractivity contribution in [2.45, 2.75) is 26.1 Å². The maximum absolute atomic E-state index is 9.43. The highest BCUT2D eigenvalue weighted by Crippen LogP contribution is 2.21. The monoisotopic (exact) mass is 356 g/mol. The largest absolute Gasteiger partial charge is 0.392 e. The Kier molecular flexibility index (Phi) is 5.81. The number of nitrogens with zero attached hydrogens (tertiary/aromatic N) is 3. The lowest BCUT2D eigenvalue weighted by molar-refractivity contribution is 0.191. The first-order chi connectivity index (χ1) is 12.1. The Labute approximate surface area is 152 Å². The molecular formula is C19H21ClN4O. The molecule has 25 heavy (non-hydrogen) atoms. The quantitative estimate of drug-likeness (QED) is 0.682. The van der Waals surface area contributed by atoms with Gasteiger partial charge in [0, 0.05) is 23.7 Å². The van der Waals surface area contributed by atoms with Crippen LogP contribution in [-0.4, -0.2) is 32.7 Å². The van der Waals surface area contributed by atoms with Crippen molar-refractivity contribution in [3.8, 4) is 11.3 Å². The molecule has 0 unspecified atom stereocenters. The standard InChI is InChI=1S/C19H21ClN4O/c1-14(25)11-21-12-18-19(15-7-3-2-4-8-15)23-24(22-18)13-16-9-5-6-10-17(16)20/h2-10,14,21,25H,11-13H2,1H3/t14-/m0/s1. The molecule has 6 heteroatoms. The predicted octanol–water partition coefficient (Wildman–Crippen LogP) is 3.12. The first kappa shape index (κ1) is 17.6. The zero-order valence-electron chi connectivity index (χ0n) is 14.1. The molecule has 1 atom stereocenters. The Morgan fingerprint density at radius 1 is 1.08 bits per heavy atom. The van der Waals surface area contributed by atoms with Crippen molar-refractivity contribution in [1.82, 2.24) is 20.3 Å². The van der Waals surface area contributed by atoms with Gasteiger partial charge in [0.05, 0.1) is 12.6 Å². The topological polar surface area (TPSA) is 63.0 Å². The Bertz CT molecular complexity index is 817. The van der Waals surface area contributed by atoms with E-state index in [1.165, 1.54) is 0 Å². The summed E-state index contributed by atoms with van der Waals surface area (Å²) in [5.74, 6) is 0. The van der Waals surface area contributed by atoms with Crippen LogP contribution >= 0.6 is 11.6 Å². The summed E-state index contributed by atoms with van der Waals surface area (Å²) in [7, 11) is 0. The molecule has 0 saturated heterocycles. The first-order valence-corrected chi connectivity index (χ1v) is 8.63. The molecule has 2 aromatic carbocycles. The number of nitrogens with one attached hydrogen (secondary N) is 1. The van der Waals surface area contributed by atoms with Crippen LogP contribution in [0.4, 0.5) is 0 Å². The summed E-state index contributed by atoms with van der Waals surface area (Å²) in [4.78, 5) is 1.67. The van der Waals surface area contributed by atoms with Crippen molar-refractivity contribution in [2.24, 2.45) is 0 Å². The van der Waals surface area contributed by atoms with E-state index in [-0.39, 0.29) is 0 Å². The van der Waals surface area contributed by atoms with Gasteiger partial charge < -0.3 is 10.4 Å². The third-order valence-corrected chi connectivity index (χ3v) is 4.14. The maximum Gasteiger partial charge on any atom is 0.117 e. The van der Waals surface area contributed by atoms with Crippen molar-refractivity contribution in [1.29, 1.82) is 0 Å². The number of aliphatic hydroxyl groups excluding tert-OH is 1. The number of halogens is 1. The summed E-state index contributed by atoms with van der Waals surface area (Å²) in [5.41, 5.74) is 3.67. The summed E-state index contributed by atoms with van der Waals surface area (Å²) >= 11 is 6.25. The van der Waals surface area contributed by atoms with E-state index in [4.69, 9.17) is 11.6 Å². The maximum atomic E-state index is 9.43. The lowest BCUT2D eigenvalue weighted by atomic mass is 10.1. The van der Waals surface area contributed by atoms with Gasteiger partial charge in [0.25, 0.3) is 0 Å². The van der Waals surface area contributed by atoms with Crippen LogP contribution in [-0.2, 0) is 13.1 Å². The van der Waals surface area contributed by atoms with E-state index in [9.17, 15) is 5.11 Å². The number of hydrogen-bond acceptors (Lipinski definition) is 4. The second kappa shape index (κ2) is 8.25. The van der Waals surface area contributed by atoms with E-state index >= 15 is 0 Å². The van der Waals surface area contributed by atoms with Gasteiger partial charge in [-0.3, -0.25) is 0 Å². The molecule has 130 valence electrons. The lowest BCUT2D eigenvalue weighted by Gasteiger charge is -2.05. The fraction of sp³-hybridized carbons (Fsp3) is 0.263. The number of benzene rings is 2. The molecule has 0 aliphatic carbocycles. The van der Waals surface area contributed by atoms with E-state index in [0.29, 0.717) is 24.7 Å². The lowest BCUT2D eigenvalue weighted by Crippen LogP contribution is -2.24. The molecule has 0 amide bonds. The third-order valence-electron chi connectivity index (χ3n) is 3.77. The van der Waals surface area contributed by atoms with Crippen LogP contribution in [0, 0.1) is 0 Å². The second-order valence-electron chi connectivity index (χ2n) is 5.96. The van der Waals surface area contributed by atoms with Crippen LogP contribution in [0.1, 0.15) is 18.2 Å². The molecule has 0 radical (unpaired) electrons. The molecule has 3 rings (SSSR count). The summed E-state index contributed by atoms with van der Waals surface area (Å²) in [6, 6.07) is 17.7. The minimum Gasteiger partial charge on any atom is -0.392 e. The Morgan fingerprint density at radius 3 is 2.52 bits per heavy atom. The Balaban J connectivity index is 1.87. The molecule has 0 aliphatic rings. The summed E-state index contributed by atoms with van der Waals surface area (Å²) in [6.45, 7) is 3.30. The van der Waals surface area contributed by atoms with E-state index in [2.05, 4.69) is 15.5 Å². The van der Waals surface area contributed by atoms with Gasteiger partial charge in [-0.15, -0.1) is 0 Å². The van der Waals surface area contributed by atoms with Crippen LogP contribution in [0.2, 0.25) is 5.02 Å². The molecule has 0 fully saturated rings. The average molecular weight is 357 g/mol. The number of rotatable bonds is 7. The zero-order chi connectivity index (χ0) is 17.6. The third kappa shape index (κ3) is 4.66. The highest BCUT2D eigenvalue weighted by Gasteiger charge is 2.14. The van der Waals surface area contributed by atoms with E-state index in [1.807, 2.05) is 54.6 Å². The molecule has 2 N–H and O–H groups in total. The van der Waals surface area contributed by atoms with Crippen LogP contribution in [0.3, 0.4) is 0 Å². The van der Waals surface area contributed by atoms with Crippen LogP contribution in [0.5, 0.6) is 0 Å². The average Bonchev–Trinajstić information content (AvgIpc) is 3.00. The predicted molar refractivity (Wildman–Crippen MR) is 99.4 cm³/mol. The molecule has 0 spiro atoms. The minimum absolute atomic E-state index is 0.404. The fourth-order valence-electron chi connectivity index (χ4n) is 2.57. The van der Waals surface area contributed by atoms with Crippen molar-refractivity contribution in [3.63, 3.8) is 0 Å². The Morgan fingerprint density at radius 2 is 1.80 bits per heavy atom. The number of hydrogen-bond donors (Lipinski definition) is 2. The van der Waals surface area contributed by atoms with Gasteiger partial charge in [-0.1, -0.05) is 60.1 Å². The van der Waals surface area contributed by atoms with Gasteiger partial charge in [0.1, 0.15) is 11.4 Å². The van der Waals surface area contributed by atoms with Crippen molar-refractivity contribution in [3.05, 3.63) is 70.9 Å². The van der Waals surface area contributed by atoms with Crippen molar-refractivity contribution >= 4 is 11.6 Å². The molecule has 0 aliphatic heterocycles. The van der Waals surface area contributed by atoms with Gasteiger partial charge in [-0.25, -0.2) is 0 Å². The highest BCUT2D eigenvalue weighted by atomic mass is 35.5. The smallest absolute Gasteiger partial charge is 0.117 e. The first-order valence-electron chi connectivity index (χ1n) is 8.25. The van der Waals surface area contributed by atoms with Gasteiger partial charge in [0.2, 0.25) is 0 Å². The molecule has 1 heterocycles. The van der Waals surface area contributed by atoms with E-state index in [1.54, 1.807) is 11.7 Å². The summed E-state index contributed by atoms with van der Waals surface area (Å²) in [5, 5.41) is 22.6. The van der Waals surface area contributed by atoms with Gasteiger partial charge in [0.15, 0.2) is 0 Å². The SMILES string of the molecule is C[C@H](O)CNCc1nn(Cc2ccccc2Cl)nc1-c1ccccc1. The van der Waals surface area contributed by atoms with Crippen LogP contribution in [0.15, 0.2) is 54.6 Å². The molecule has 1 aromatic heterocycles. The Hall–Kier alpha value is -2.21. The number of aromatic nitrogens is 3. The molecule has 0 saturated carbocycles. The van der Waals surface area contributed by atoms with Crippen LogP contribution in [0.25, 0.3) is 11.3 Å². The van der Waals surface area contributed by atoms with Crippen molar-refractivity contribution in [2.75, 3.05) is 6.54 Å². The molecule has 3 aromatic rings. The van der Waals surface area contributed by atoms with Crippen LogP contribution < -0.4 is 5.32 Å². The second-order valence-corrected chi connectivity index (χ2v) is 6.37. The summed E-state index contributed by atoms with van der Waals surface area (Å²) in [6.07, 6.45) is -0.404. The normalized spacial score (nSPS) is 12.3. The highest BCUT2D eigenvalue weighted by molar-refractivity contribution is 6.31. The molecular weight excluding hydrogens is 336 g/mol. The number of aliphatic hydroxyl groups is 1. The van der Waals surface area contributed by atoms with Gasteiger partial charge >= 0.3 is 0 Å². The van der Waals surface area contributed by atoms with Gasteiger partial charge in [-0.2, -0.15) is 15.0 Å². The van der Waals surface area contributed by atoms with Crippen molar-refractivity contribution < 1.29 is 5.11 Å². The zero-order valence-corrected chi connectivity index (χ0v) is 14.8. The minimum atomic E-state index is -0.404. The van der Waals surface area contributed by atoms with E-state index < -0.39 is 6.10 Å². The van der Waals surface area contributed by atoms with E-state index in [0.717, 1.165) is 22.5 Å². The van der Waals surface area contributed by atoms with Gasteiger partial charge in [-0.05, 0) is 18.6 Å². The molecule has 5 nitrogen and oxygen atoms in total.